The van der Waals surface area contributed by atoms with E-state index in [4.69, 9.17) is 0 Å². The first-order valence-corrected chi connectivity index (χ1v) is 9.57. The zero-order valence-corrected chi connectivity index (χ0v) is 16.4. The Labute approximate surface area is 165 Å². The van der Waals surface area contributed by atoms with Gasteiger partial charge in [0.25, 0.3) is 0 Å². The predicted octanol–water partition coefficient (Wildman–Crippen LogP) is 2.04. The van der Waals surface area contributed by atoms with Gasteiger partial charge in [-0.1, -0.05) is 30.3 Å². The van der Waals surface area contributed by atoms with E-state index in [2.05, 4.69) is 44.5 Å². The highest BCUT2D eigenvalue weighted by molar-refractivity contribution is 5.39. The first-order valence-electron chi connectivity index (χ1n) is 9.57. The number of hydrogen-bond acceptors (Lipinski definition) is 6. The van der Waals surface area contributed by atoms with Crippen LogP contribution >= 0.6 is 0 Å². The van der Waals surface area contributed by atoms with Crippen molar-refractivity contribution in [2.45, 2.75) is 25.5 Å². The summed E-state index contributed by atoms with van der Waals surface area (Å²) >= 11 is 0. The van der Waals surface area contributed by atoms with Crippen LogP contribution in [-0.4, -0.2) is 62.3 Å². The molecule has 4 rings (SSSR count). The first-order chi connectivity index (χ1) is 13.5. The number of nitrogens with zero attached hydrogens (tertiary/aromatic N) is 6. The van der Waals surface area contributed by atoms with Crippen LogP contribution in [0.4, 0.5) is 5.82 Å². The Bertz CT molecular complexity index is 910. The molecule has 146 valence electrons. The highest BCUT2D eigenvalue weighted by Gasteiger charge is 2.37. The number of aliphatic hydroxyl groups is 1. The van der Waals surface area contributed by atoms with Gasteiger partial charge in [-0.3, -0.25) is 4.90 Å². The monoisotopic (exact) mass is 378 g/mol. The van der Waals surface area contributed by atoms with Crippen LogP contribution in [0.15, 0.2) is 54.7 Å². The maximum absolute atomic E-state index is 11.1. The number of rotatable bonds is 6. The van der Waals surface area contributed by atoms with Gasteiger partial charge in [0.2, 0.25) is 0 Å². The zero-order chi connectivity index (χ0) is 19.6. The zero-order valence-electron chi connectivity index (χ0n) is 16.4. The lowest BCUT2D eigenvalue weighted by molar-refractivity contribution is 0.0561. The van der Waals surface area contributed by atoms with E-state index in [-0.39, 0.29) is 0 Å². The number of likely N-dealkylation sites (tertiary alicyclic amines) is 1. The van der Waals surface area contributed by atoms with Crippen LogP contribution in [0, 0.1) is 6.92 Å². The van der Waals surface area contributed by atoms with Crippen molar-refractivity contribution in [3.8, 4) is 5.82 Å². The Morgan fingerprint density at radius 2 is 1.93 bits per heavy atom. The van der Waals surface area contributed by atoms with Crippen molar-refractivity contribution < 1.29 is 5.11 Å². The van der Waals surface area contributed by atoms with Gasteiger partial charge in [0.05, 0.1) is 11.3 Å². The van der Waals surface area contributed by atoms with Gasteiger partial charge >= 0.3 is 0 Å². The largest absolute Gasteiger partial charge is 0.387 e. The molecule has 1 saturated heterocycles. The second-order valence-corrected chi connectivity index (χ2v) is 7.68. The summed E-state index contributed by atoms with van der Waals surface area (Å²) in [6, 6.07) is 16.1. The molecule has 1 atom stereocenters. The summed E-state index contributed by atoms with van der Waals surface area (Å²) in [5.74, 6) is 1.42. The third-order valence-electron chi connectivity index (χ3n) is 5.18. The average molecular weight is 378 g/mol. The molecule has 3 aromatic rings. The number of β-amino-alcohol motifs (C(OH)–C–C–N with tert-alkyl or cyclic N) is 1. The van der Waals surface area contributed by atoms with E-state index < -0.39 is 5.60 Å². The van der Waals surface area contributed by atoms with Crippen LogP contribution in [0.2, 0.25) is 0 Å². The highest BCUT2D eigenvalue weighted by atomic mass is 16.3. The van der Waals surface area contributed by atoms with Crippen molar-refractivity contribution in [2.75, 3.05) is 31.6 Å². The van der Waals surface area contributed by atoms with Crippen LogP contribution < -0.4 is 4.90 Å². The molecule has 0 saturated carbocycles. The molecule has 7 nitrogen and oxygen atoms in total. The molecule has 1 aliphatic heterocycles. The maximum atomic E-state index is 11.1. The second-order valence-electron chi connectivity index (χ2n) is 7.68. The third kappa shape index (κ3) is 4.21. The summed E-state index contributed by atoms with van der Waals surface area (Å²) in [5.41, 5.74) is 1.46. The van der Waals surface area contributed by atoms with Crippen LogP contribution in [-0.2, 0) is 6.54 Å². The molecule has 0 radical (unpaired) electrons. The predicted molar refractivity (Wildman–Crippen MR) is 108 cm³/mol. The molecule has 0 bridgehead atoms. The first kappa shape index (κ1) is 18.6. The van der Waals surface area contributed by atoms with Crippen LogP contribution in [0.5, 0.6) is 0 Å². The van der Waals surface area contributed by atoms with Gasteiger partial charge in [-0.05, 0) is 37.1 Å². The molecule has 3 heterocycles. The number of aromatic nitrogens is 4. The van der Waals surface area contributed by atoms with E-state index in [0.717, 1.165) is 31.0 Å². The van der Waals surface area contributed by atoms with Gasteiger partial charge in [0.1, 0.15) is 0 Å². The summed E-state index contributed by atoms with van der Waals surface area (Å²) in [4.78, 5) is 4.27. The van der Waals surface area contributed by atoms with E-state index in [1.54, 1.807) is 4.68 Å². The molecular weight excluding hydrogens is 352 g/mol. The molecule has 0 spiro atoms. The molecular formula is C21H26N6O. The Kier molecular flexibility index (Phi) is 5.11. The molecule has 0 aliphatic carbocycles. The molecule has 2 aromatic heterocycles. The molecule has 1 unspecified atom stereocenters. The second kappa shape index (κ2) is 7.69. The minimum absolute atomic E-state index is 0.521. The van der Waals surface area contributed by atoms with E-state index in [1.165, 1.54) is 5.56 Å². The lowest BCUT2D eigenvalue weighted by Crippen LogP contribution is -2.44. The van der Waals surface area contributed by atoms with Crippen molar-refractivity contribution >= 4 is 5.82 Å². The Morgan fingerprint density at radius 3 is 2.61 bits per heavy atom. The van der Waals surface area contributed by atoms with Crippen LogP contribution in [0.3, 0.4) is 0 Å². The maximum Gasteiger partial charge on any atom is 0.175 e. The Hall–Kier alpha value is -2.77. The van der Waals surface area contributed by atoms with Crippen molar-refractivity contribution in [3.05, 3.63) is 66.0 Å². The summed E-state index contributed by atoms with van der Waals surface area (Å²) in [7, 11) is 1.94. The Balaban J connectivity index is 1.37. The quantitative estimate of drug-likeness (QED) is 0.708. The van der Waals surface area contributed by atoms with Crippen molar-refractivity contribution in [1.29, 1.82) is 0 Å². The van der Waals surface area contributed by atoms with E-state index in [0.29, 0.717) is 18.9 Å². The average Bonchev–Trinajstić information content (AvgIpc) is 3.28. The van der Waals surface area contributed by atoms with Crippen molar-refractivity contribution in [2.24, 2.45) is 0 Å². The summed E-state index contributed by atoms with van der Waals surface area (Å²) in [6.45, 7) is 4.88. The number of benzene rings is 1. The van der Waals surface area contributed by atoms with Crippen molar-refractivity contribution in [3.63, 3.8) is 0 Å². The minimum Gasteiger partial charge on any atom is -0.387 e. The number of likely N-dealkylation sites (N-methyl/N-ethyl adjacent to an activating group) is 1. The fraction of sp³-hybridized carbons (Fsp3) is 0.381. The smallest absolute Gasteiger partial charge is 0.175 e. The fourth-order valence-corrected chi connectivity index (χ4v) is 3.76. The van der Waals surface area contributed by atoms with E-state index in [9.17, 15) is 5.11 Å². The van der Waals surface area contributed by atoms with Gasteiger partial charge in [0.15, 0.2) is 11.6 Å². The minimum atomic E-state index is -0.747. The standard InChI is InChI=1S/C21H26N6O/c1-17-10-12-27(24-17)20-9-8-19(22-23-20)25(2)15-21(28)11-13-26(16-21)14-18-6-4-3-5-7-18/h3-10,12,28H,11,13-16H2,1-2H3. The lowest BCUT2D eigenvalue weighted by atomic mass is 10.0. The van der Waals surface area contributed by atoms with Gasteiger partial charge < -0.3 is 10.0 Å². The van der Waals surface area contributed by atoms with Crippen molar-refractivity contribution in [1.82, 2.24) is 24.9 Å². The molecule has 1 fully saturated rings. The number of aryl methyl sites for hydroxylation is 1. The third-order valence-corrected chi connectivity index (χ3v) is 5.18. The van der Waals surface area contributed by atoms with E-state index in [1.807, 2.05) is 49.3 Å². The fourth-order valence-electron chi connectivity index (χ4n) is 3.76. The number of anilines is 1. The molecule has 7 heteroatoms. The summed E-state index contributed by atoms with van der Waals surface area (Å²) < 4.78 is 1.71. The lowest BCUT2D eigenvalue weighted by Gasteiger charge is -2.29. The normalized spacial score (nSPS) is 19.8. The molecule has 1 N–H and O–H groups in total. The van der Waals surface area contributed by atoms with Gasteiger partial charge in [-0.15, -0.1) is 10.2 Å². The molecule has 1 aliphatic rings. The summed E-state index contributed by atoms with van der Waals surface area (Å²) in [6.07, 6.45) is 2.62. The summed E-state index contributed by atoms with van der Waals surface area (Å²) in [5, 5.41) is 24.0. The molecule has 28 heavy (non-hydrogen) atoms. The molecule has 1 aromatic carbocycles. The number of hydrogen-bond donors (Lipinski definition) is 1. The van der Waals surface area contributed by atoms with E-state index >= 15 is 0 Å². The van der Waals surface area contributed by atoms with Crippen LogP contribution in [0.1, 0.15) is 17.7 Å². The van der Waals surface area contributed by atoms with Crippen LogP contribution in [0.25, 0.3) is 5.82 Å². The topological polar surface area (TPSA) is 70.3 Å². The SMILES string of the molecule is Cc1ccn(-c2ccc(N(C)CC3(O)CCN(Cc4ccccc4)C3)nn2)n1. The highest BCUT2D eigenvalue weighted by Crippen LogP contribution is 2.25. The van der Waals surface area contributed by atoms with Gasteiger partial charge in [-0.25, -0.2) is 4.68 Å². The van der Waals surface area contributed by atoms with Gasteiger partial charge in [-0.2, -0.15) is 5.10 Å². The Morgan fingerprint density at radius 1 is 1.11 bits per heavy atom. The van der Waals surface area contributed by atoms with Gasteiger partial charge in [0, 0.05) is 39.4 Å². The molecule has 0 amide bonds.